The molecule has 0 aliphatic heterocycles. The van der Waals surface area contributed by atoms with Crippen molar-refractivity contribution in [1.29, 1.82) is 5.26 Å². The normalized spacial score (nSPS) is 16.6. The summed E-state index contributed by atoms with van der Waals surface area (Å²) in [6.45, 7) is 1.46. The van der Waals surface area contributed by atoms with Gasteiger partial charge in [0, 0.05) is 11.1 Å². The molecule has 0 radical (unpaired) electrons. The van der Waals surface area contributed by atoms with E-state index in [0.717, 1.165) is 31.4 Å². The van der Waals surface area contributed by atoms with Gasteiger partial charge in [-0.05, 0) is 19.8 Å². The maximum absolute atomic E-state index is 12.0. The summed E-state index contributed by atoms with van der Waals surface area (Å²) < 4.78 is 5.04. The highest BCUT2D eigenvalue weighted by atomic mass is 32.1. The van der Waals surface area contributed by atoms with Crippen molar-refractivity contribution in [2.45, 2.75) is 38.5 Å². The number of hydrogen-bond acceptors (Lipinski definition) is 6. The summed E-state index contributed by atoms with van der Waals surface area (Å²) >= 11 is 1.28. The number of aryl methyl sites for hydroxylation is 1. The first-order valence-corrected chi connectivity index (χ1v) is 7.50. The molecular formula is C14H16N2O3S. The van der Waals surface area contributed by atoms with Gasteiger partial charge in [0.1, 0.15) is 5.01 Å². The number of carbonyl (C=O) groups excluding carboxylic acids is 2. The number of Topliss-reactive ketones (excluding diaryl/α,β-unsaturated/α-hetero) is 1. The molecule has 1 aliphatic rings. The number of ketones is 1. The van der Waals surface area contributed by atoms with Crippen LogP contribution in [0.4, 0.5) is 0 Å². The van der Waals surface area contributed by atoms with Crippen molar-refractivity contribution in [2.24, 2.45) is 5.92 Å². The third-order valence-corrected chi connectivity index (χ3v) is 4.41. The molecule has 0 bridgehead atoms. The van der Waals surface area contributed by atoms with Crippen LogP contribution in [-0.4, -0.2) is 23.3 Å². The van der Waals surface area contributed by atoms with E-state index >= 15 is 0 Å². The Morgan fingerprint density at radius 3 is 2.80 bits per heavy atom. The molecule has 0 spiro atoms. The zero-order valence-corrected chi connectivity index (χ0v) is 12.1. The number of carbonyl (C=O) groups is 2. The molecule has 2 rings (SSSR count). The van der Waals surface area contributed by atoms with E-state index < -0.39 is 11.7 Å². The van der Waals surface area contributed by atoms with Crippen molar-refractivity contribution in [2.75, 3.05) is 6.61 Å². The van der Waals surface area contributed by atoms with Crippen LogP contribution in [0.1, 0.15) is 42.3 Å². The van der Waals surface area contributed by atoms with Crippen LogP contribution in [-0.2, 0) is 14.3 Å². The second-order valence-corrected chi connectivity index (χ2v) is 5.83. The number of nitriles is 1. The minimum atomic E-state index is -0.940. The van der Waals surface area contributed by atoms with Crippen molar-refractivity contribution in [3.63, 3.8) is 0 Å². The van der Waals surface area contributed by atoms with Gasteiger partial charge in [0.05, 0.1) is 12.0 Å². The van der Waals surface area contributed by atoms with Gasteiger partial charge in [0.2, 0.25) is 0 Å². The maximum Gasteiger partial charge on any atom is 0.309 e. The Morgan fingerprint density at radius 1 is 1.55 bits per heavy atom. The van der Waals surface area contributed by atoms with Crippen molar-refractivity contribution in [1.82, 2.24) is 4.98 Å². The monoisotopic (exact) mass is 292 g/mol. The van der Waals surface area contributed by atoms with Crippen LogP contribution in [0.5, 0.6) is 0 Å². The lowest BCUT2D eigenvalue weighted by Gasteiger charge is -2.10. The van der Waals surface area contributed by atoms with Gasteiger partial charge in [-0.25, -0.2) is 4.98 Å². The van der Waals surface area contributed by atoms with E-state index in [1.54, 1.807) is 12.3 Å². The fraction of sp³-hybridized carbons (Fsp3) is 0.571. The molecule has 0 amide bonds. The average Bonchev–Trinajstić information content (AvgIpc) is 3.08. The predicted octanol–water partition coefficient (Wildman–Crippen LogP) is 2.36. The molecule has 1 fully saturated rings. The Bertz CT molecular complexity index is 541. The van der Waals surface area contributed by atoms with E-state index in [0.29, 0.717) is 5.01 Å². The molecule has 1 aromatic heterocycles. The minimum Gasteiger partial charge on any atom is -0.457 e. The van der Waals surface area contributed by atoms with Gasteiger partial charge in [-0.2, -0.15) is 5.26 Å². The molecule has 106 valence electrons. The van der Waals surface area contributed by atoms with Crippen molar-refractivity contribution in [3.05, 3.63) is 16.1 Å². The molecule has 0 N–H and O–H groups in total. The largest absolute Gasteiger partial charge is 0.457 e. The first-order chi connectivity index (χ1) is 9.61. The van der Waals surface area contributed by atoms with Gasteiger partial charge in [0.25, 0.3) is 0 Å². The highest BCUT2D eigenvalue weighted by Crippen LogP contribution is 2.26. The van der Waals surface area contributed by atoms with Crippen molar-refractivity contribution >= 4 is 23.1 Å². The van der Waals surface area contributed by atoms with Gasteiger partial charge < -0.3 is 4.74 Å². The number of esters is 1. The van der Waals surface area contributed by atoms with Crippen LogP contribution in [0.15, 0.2) is 5.38 Å². The first kappa shape index (κ1) is 14.7. The van der Waals surface area contributed by atoms with Crippen LogP contribution in [0, 0.1) is 24.2 Å². The number of thiazole rings is 1. The maximum atomic E-state index is 12.0. The second-order valence-electron chi connectivity index (χ2n) is 4.94. The number of ether oxygens (including phenoxy) is 1. The van der Waals surface area contributed by atoms with E-state index in [1.807, 2.05) is 6.07 Å². The van der Waals surface area contributed by atoms with Gasteiger partial charge in [-0.1, -0.05) is 12.8 Å². The van der Waals surface area contributed by atoms with Crippen LogP contribution in [0.3, 0.4) is 0 Å². The lowest BCUT2D eigenvalue weighted by Crippen LogP contribution is -2.23. The Labute approximate surface area is 121 Å². The Hall–Kier alpha value is -1.74. The van der Waals surface area contributed by atoms with E-state index in [4.69, 9.17) is 10.00 Å². The molecule has 1 atom stereocenters. The Morgan fingerprint density at radius 2 is 2.25 bits per heavy atom. The van der Waals surface area contributed by atoms with Gasteiger partial charge in [-0.15, -0.1) is 11.3 Å². The lowest BCUT2D eigenvalue weighted by molar-refractivity contribution is -0.152. The number of rotatable bonds is 5. The predicted molar refractivity (Wildman–Crippen MR) is 73.1 cm³/mol. The topological polar surface area (TPSA) is 80.0 Å². The van der Waals surface area contributed by atoms with Gasteiger partial charge in [0.15, 0.2) is 18.3 Å². The number of nitrogens with zero attached hydrogens (tertiary/aromatic N) is 2. The Kier molecular flexibility index (Phi) is 4.85. The molecule has 20 heavy (non-hydrogen) atoms. The average molecular weight is 292 g/mol. The summed E-state index contributed by atoms with van der Waals surface area (Å²) in [5, 5.41) is 11.3. The Balaban J connectivity index is 1.90. The van der Waals surface area contributed by atoms with E-state index in [2.05, 4.69) is 4.98 Å². The molecule has 0 aromatic carbocycles. The zero-order valence-electron chi connectivity index (χ0n) is 11.3. The van der Waals surface area contributed by atoms with Crippen LogP contribution in [0.2, 0.25) is 0 Å². The molecule has 1 heterocycles. The molecule has 0 unspecified atom stereocenters. The van der Waals surface area contributed by atoms with E-state index in [1.165, 1.54) is 11.3 Å². The summed E-state index contributed by atoms with van der Waals surface area (Å²) in [5.74, 6) is -1.74. The summed E-state index contributed by atoms with van der Waals surface area (Å²) in [5.41, 5.74) is 0.779. The number of aromatic nitrogens is 1. The SMILES string of the molecule is Cc1csc([C@H](C#N)C(=O)COC(=O)C2CCCC2)n1. The first-order valence-electron chi connectivity index (χ1n) is 6.63. The molecule has 1 saturated carbocycles. The highest BCUT2D eigenvalue weighted by molar-refractivity contribution is 7.09. The van der Waals surface area contributed by atoms with Gasteiger partial charge in [-0.3, -0.25) is 9.59 Å². The van der Waals surface area contributed by atoms with E-state index in [9.17, 15) is 9.59 Å². The third-order valence-electron chi connectivity index (χ3n) is 3.38. The van der Waals surface area contributed by atoms with Crippen molar-refractivity contribution in [3.8, 4) is 6.07 Å². The van der Waals surface area contributed by atoms with Crippen LogP contribution >= 0.6 is 11.3 Å². The summed E-state index contributed by atoms with van der Waals surface area (Å²) in [6.07, 6.45) is 3.74. The molecular weight excluding hydrogens is 276 g/mol. The fourth-order valence-electron chi connectivity index (χ4n) is 2.27. The molecule has 5 nitrogen and oxygen atoms in total. The standard InChI is InChI=1S/C14H16N2O3S/c1-9-8-20-13(16-9)11(6-15)12(17)7-19-14(18)10-4-2-3-5-10/h8,10-11H,2-5,7H2,1H3/t11-/m1/s1. The number of hydrogen-bond donors (Lipinski definition) is 0. The zero-order chi connectivity index (χ0) is 14.5. The highest BCUT2D eigenvalue weighted by Gasteiger charge is 2.27. The summed E-state index contributed by atoms with van der Waals surface area (Å²) in [7, 11) is 0. The fourth-order valence-corrected chi connectivity index (χ4v) is 3.14. The molecule has 1 aliphatic carbocycles. The summed E-state index contributed by atoms with van der Waals surface area (Å²) in [6, 6.07) is 1.93. The van der Waals surface area contributed by atoms with Crippen LogP contribution < -0.4 is 0 Å². The van der Waals surface area contributed by atoms with Crippen LogP contribution in [0.25, 0.3) is 0 Å². The third kappa shape index (κ3) is 3.42. The molecule has 1 aromatic rings. The quantitative estimate of drug-likeness (QED) is 0.778. The molecule has 6 heteroatoms. The van der Waals surface area contributed by atoms with Crippen molar-refractivity contribution < 1.29 is 14.3 Å². The second kappa shape index (κ2) is 6.62. The minimum absolute atomic E-state index is 0.0783. The lowest BCUT2D eigenvalue weighted by atomic mass is 10.1. The van der Waals surface area contributed by atoms with Gasteiger partial charge >= 0.3 is 5.97 Å². The smallest absolute Gasteiger partial charge is 0.309 e. The van der Waals surface area contributed by atoms with E-state index in [-0.39, 0.29) is 18.5 Å². The summed E-state index contributed by atoms with van der Waals surface area (Å²) in [4.78, 5) is 27.8. The molecule has 0 saturated heterocycles.